The van der Waals surface area contributed by atoms with Gasteiger partial charge in [-0.1, -0.05) is 6.92 Å². The average molecular weight is 229 g/mol. The summed E-state index contributed by atoms with van der Waals surface area (Å²) in [4.78, 5) is 13.8. The molecule has 94 valence electrons. The summed E-state index contributed by atoms with van der Waals surface area (Å²) in [6, 6.07) is 0.356. The van der Waals surface area contributed by atoms with E-state index in [-0.39, 0.29) is 12.5 Å². The lowest BCUT2D eigenvalue weighted by molar-refractivity contribution is -0.140. The van der Waals surface area contributed by atoms with E-state index in [1.165, 1.54) is 6.42 Å². The monoisotopic (exact) mass is 229 g/mol. The van der Waals surface area contributed by atoms with Gasteiger partial charge in [0.2, 0.25) is 5.91 Å². The molecule has 0 aromatic carbocycles. The van der Waals surface area contributed by atoms with Crippen LogP contribution in [0.3, 0.4) is 0 Å². The number of carbonyl (C=O) groups is 1. The van der Waals surface area contributed by atoms with Crippen molar-refractivity contribution in [3.63, 3.8) is 0 Å². The molecular formula is C12H23NO3. The minimum absolute atomic E-state index is 0.107. The third-order valence-electron chi connectivity index (χ3n) is 3.10. The first-order chi connectivity index (χ1) is 7.65. The number of hydrogen-bond acceptors (Lipinski definition) is 3. The molecule has 0 spiro atoms. The largest absolute Gasteiger partial charge is 0.382 e. The van der Waals surface area contributed by atoms with E-state index in [0.717, 1.165) is 13.0 Å². The van der Waals surface area contributed by atoms with Crippen molar-refractivity contribution in [3.8, 4) is 0 Å². The fourth-order valence-corrected chi connectivity index (χ4v) is 2.02. The quantitative estimate of drug-likeness (QED) is 0.667. The molecule has 2 atom stereocenters. The van der Waals surface area contributed by atoms with Crippen molar-refractivity contribution in [2.45, 2.75) is 32.7 Å². The third-order valence-corrected chi connectivity index (χ3v) is 3.10. The van der Waals surface area contributed by atoms with E-state index in [1.807, 2.05) is 4.90 Å². The molecule has 2 unspecified atom stereocenters. The maximum absolute atomic E-state index is 11.9. The minimum atomic E-state index is 0.107. The smallest absolute Gasteiger partial charge is 0.248 e. The van der Waals surface area contributed by atoms with Crippen LogP contribution in [0.2, 0.25) is 0 Å². The Morgan fingerprint density at radius 3 is 2.75 bits per heavy atom. The lowest BCUT2D eigenvalue weighted by atomic mass is 9.95. The summed E-state index contributed by atoms with van der Waals surface area (Å²) in [5, 5.41) is 0. The summed E-state index contributed by atoms with van der Waals surface area (Å²) in [6.45, 7) is 6.38. The molecule has 0 aliphatic carbocycles. The fourth-order valence-electron chi connectivity index (χ4n) is 2.02. The Kier molecular flexibility index (Phi) is 5.77. The second-order valence-corrected chi connectivity index (χ2v) is 4.62. The van der Waals surface area contributed by atoms with Crippen LogP contribution in [0.25, 0.3) is 0 Å². The Morgan fingerprint density at radius 1 is 1.31 bits per heavy atom. The summed E-state index contributed by atoms with van der Waals surface area (Å²) in [6.07, 6.45) is 2.32. The number of nitrogens with zero attached hydrogens (tertiary/aromatic N) is 1. The molecule has 1 fully saturated rings. The first kappa shape index (κ1) is 13.5. The number of ether oxygens (including phenoxy) is 2. The molecule has 0 N–H and O–H groups in total. The highest BCUT2D eigenvalue weighted by molar-refractivity contribution is 5.77. The molecule has 1 aliphatic rings. The Labute approximate surface area is 97.9 Å². The molecule has 4 heteroatoms. The van der Waals surface area contributed by atoms with Gasteiger partial charge in [-0.15, -0.1) is 0 Å². The molecule has 0 aromatic heterocycles. The highest BCUT2D eigenvalue weighted by Gasteiger charge is 2.26. The van der Waals surface area contributed by atoms with Crippen molar-refractivity contribution in [1.82, 2.24) is 4.90 Å². The SMILES string of the molecule is COCCOCC(=O)N1CC(C)CCC1C. The van der Waals surface area contributed by atoms with Gasteiger partial charge in [-0.3, -0.25) is 4.79 Å². The van der Waals surface area contributed by atoms with Gasteiger partial charge in [0.1, 0.15) is 6.61 Å². The molecule has 1 saturated heterocycles. The first-order valence-electron chi connectivity index (χ1n) is 6.01. The molecule has 0 aromatic rings. The number of piperidine rings is 1. The van der Waals surface area contributed by atoms with Crippen LogP contribution in [-0.2, 0) is 14.3 Å². The van der Waals surface area contributed by atoms with Gasteiger partial charge < -0.3 is 14.4 Å². The highest BCUT2D eigenvalue weighted by Crippen LogP contribution is 2.21. The Hall–Kier alpha value is -0.610. The van der Waals surface area contributed by atoms with E-state index >= 15 is 0 Å². The molecule has 0 saturated carbocycles. The molecule has 1 rings (SSSR count). The predicted octanol–water partition coefficient (Wildman–Crippen LogP) is 1.30. The van der Waals surface area contributed by atoms with Gasteiger partial charge in [-0.25, -0.2) is 0 Å². The maximum atomic E-state index is 11.9. The number of carbonyl (C=O) groups excluding carboxylic acids is 1. The van der Waals surface area contributed by atoms with E-state index < -0.39 is 0 Å². The number of likely N-dealkylation sites (tertiary alicyclic amines) is 1. The van der Waals surface area contributed by atoms with Crippen LogP contribution in [-0.4, -0.2) is 50.3 Å². The topological polar surface area (TPSA) is 38.8 Å². The van der Waals surface area contributed by atoms with Crippen molar-refractivity contribution in [2.24, 2.45) is 5.92 Å². The summed E-state index contributed by atoms with van der Waals surface area (Å²) in [5.41, 5.74) is 0. The van der Waals surface area contributed by atoms with Gasteiger partial charge in [-0.05, 0) is 25.7 Å². The van der Waals surface area contributed by atoms with Crippen LogP contribution in [0.15, 0.2) is 0 Å². The zero-order valence-corrected chi connectivity index (χ0v) is 10.6. The van der Waals surface area contributed by atoms with Crippen molar-refractivity contribution >= 4 is 5.91 Å². The van der Waals surface area contributed by atoms with Crippen molar-refractivity contribution in [3.05, 3.63) is 0 Å². The third kappa shape index (κ3) is 4.10. The van der Waals surface area contributed by atoms with Crippen LogP contribution in [0.1, 0.15) is 26.7 Å². The van der Waals surface area contributed by atoms with Gasteiger partial charge in [0.15, 0.2) is 0 Å². The van der Waals surface area contributed by atoms with Crippen molar-refractivity contribution in [2.75, 3.05) is 33.5 Å². The summed E-state index contributed by atoms with van der Waals surface area (Å²) >= 11 is 0. The zero-order valence-electron chi connectivity index (χ0n) is 10.6. The molecular weight excluding hydrogens is 206 g/mol. The van der Waals surface area contributed by atoms with Crippen LogP contribution >= 0.6 is 0 Å². The maximum Gasteiger partial charge on any atom is 0.248 e. The zero-order chi connectivity index (χ0) is 12.0. The Bertz CT molecular complexity index is 220. The normalized spacial score (nSPS) is 25.8. The first-order valence-corrected chi connectivity index (χ1v) is 6.01. The van der Waals surface area contributed by atoms with Gasteiger partial charge in [-0.2, -0.15) is 0 Å². The minimum Gasteiger partial charge on any atom is -0.382 e. The van der Waals surface area contributed by atoms with E-state index in [0.29, 0.717) is 25.2 Å². The molecule has 0 radical (unpaired) electrons. The summed E-state index contributed by atoms with van der Waals surface area (Å²) in [7, 11) is 1.62. The van der Waals surface area contributed by atoms with Crippen LogP contribution in [0.4, 0.5) is 0 Å². The van der Waals surface area contributed by atoms with Crippen LogP contribution in [0.5, 0.6) is 0 Å². The Morgan fingerprint density at radius 2 is 2.06 bits per heavy atom. The standard InChI is InChI=1S/C12H23NO3/c1-10-4-5-11(2)13(8-10)12(14)9-16-7-6-15-3/h10-11H,4-9H2,1-3H3. The van der Waals surface area contributed by atoms with Crippen molar-refractivity contribution < 1.29 is 14.3 Å². The number of amides is 1. The molecule has 1 amide bonds. The van der Waals surface area contributed by atoms with Gasteiger partial charge in [0.05, 0.1) is 13.2 Å². The lowest BCUT2D eigenvalue weighted by Gasteiger charge is -2.36. The number of methoxy groups -OCH3 is 1. The van der Waals surface area contributed by atoms with Crippen molar-refractivity contribution in [1.29, 1.82) is 0 Å². The highest BCUT2D eigenvalue weighted by atomic mass is 16.5. The van der Waals surface area contributed by atoms with E-state index in [4.69, 9.17) is 9.47 Å². The van der Waals surface area contributed by atoms with Gasteiger partial charge >= 0.3 is 0 Å². The molecule has 1 aliphatic heterocycles. The summed E-state index contributed by atoms with van der Waals surface area (Å²) in [5.74, 6) is 0.717. The average Bonchev–Trinajstić information content (AvgIpc) is 2.27. The van der Waals surface area contributed by atoms with E-state index in [2.05, 4.69) is 13.8 Å². The van der Waals surface area contributed by atoms with Crippen LogP contribution in [0, 0.1) is 5.92 Å². The summed E-state index contributed by atoms with van der Waals surface area (Å²) < 4.78 is 10.1. The van der Waals surface area contributed by atoms with Gasteiger partial charge in [0, 0.05) is 19.7 Å². The molecule has 1 heterocycles. The predicted molar refractivity (Wildman–Crippen MR) is 62.3 cm³/mol. The van der Waals surface area contributed by atoms with E-state index in [1.54, 1.807) is 7.11 Å². The number of rotatable bonds is 5. The second kappa shape index (κ2) is 6.86. The Balaban J connectivity index is 2.28. The molecule has 4 nitrogen and oxygen atoms in total. The van der Waals surface area contributed by atoms with Crippen LogP contribution < -0.4 is 0 Å². The fraction of sp³-hybridized carbons (Fsp3) is 0.917. The second-order valence-electron chi connectivity index (χ2n) is 4.62. The molecule has 16 heavy (non-hydrogen) atoms. The molecule has 0 bridgehead atoms. The lowest BCUT2D eigenvalue weighted by Crippen LogP contribution is -2.46. The van der Waals surface area contributed by atoms with Gasteiger partial charge in [0.25, 0.3) is 0 Å². The number of hydrogen-bond donors (Lipinski definition) is 0. The van der Waals surface area contributed by atoms with E-state index in [9.17, 15) is 4.79 Å².